The number of carbonyl (C=O) groups excluding carboxylic acids is 1. The highest BCUT2D eigenvalue weighted by Gasteiger charge is 2.07. The number of hydrogen-bond acceptors (Lipinski definition) is 2. The van der Waals surface area contributed by atoms with Gasteiger partial charge in [0.2, 0.25) is 5.91 Å². The van der Waals surface area contributed by atoms with Crippen molar-refractivity contribution in [2.45, 2.75) is 38.6 Å². The van der Waals surface area contributed by atoms with Crippen LogP contribution in [-0.2, 0) is 11.2 Å². The lowest BCUT2D eigenvalue weighted by molar-refractivity contribution is -0.121. The Labute approximate surface area is 103 Å². The van der Waals surface area contributed by atoms with Gasteiger partial charge >= 0.3 is 0 Å². The molecule has 1 aromatic rings. The smallest absolute Gasteiger partial charge is 0.220 e. The molecular formula is C14H21NO2. The average molecular weight is 235 g/mol. The number of carbonyl (C=O) groups is 1. The maximum atomic E-state index is 11.5. The first-order chi connectivity index (χ1) is 8.22. The lowest BCUT2D eigenvalue weighted by Gasteiger charge is -2.13. The second-order valence-electron chi connectivity index (χ2n) is 4.34. The van der Waals surface area contributed by atoms with Crippen LogP contribution in [0.4, 0.5) is 0 Å². The normalized spacial score (nSPS) is 12.1. The number of amides is 1. The highest BCUT2D eigenvalue weighted by atomic mass is 16.2. The number of nitrogens with one attached hydrogen (secondary N) is 1. The molecule has 1 atom stereocenters. The zero-order valence-electron chi connectivity index (χ0n) is 10.4. The molecule has 1 aromatic carbocycles. The summed E-state index contributed by atoms with van der Waals surface area (Å²) in [5.41, 5.74) is 1.23. The standard InChI is InChI=1S/C14H21NO2/c1-12(11-13-7-3-2-4-8-13)15-14(17)9-5-6-10-16/h2-4,7-8,12,16H,5-6,9-11H2,1H3,(H,15,17). The Hall–Kier alpha value is -1.35. The van der Waals surface area contributed by atoms with Gasteiger partial charge in [-0.2, -0.15) is 0 Å². The van der Waals surface area contributed by atoms with E-state index in [9.17, 15) is 4.79 Å². The molecule has 94 valence electrons. The molecule has 1 rings (SSSR count). The van der Waals surface area contributed by atoms with Crippen LogP contribution in [0.15, 0.2) is 30.3 Å². The first-order valence-electron chi connectivity index (χ1n) is 6.16. The molecule has 0 aliphatic carbocycles. The van der Waals surface area contributed by atoms with E-state index in [2.05, 4.69) is 17.4 Å². The van der Waals surface area contributed by atoms with E-state index >= 15 is 0 Å². The Balaban J connectivity index is 2.25. The number of unbranched alkanes of at least 4 members (excludes halogenated alkanes) is 1. The third-order valence-electron chi connectivity index (χ3n) is 2.60. The summed E-state index contributed by atoms with van der Waals surface area (Å²) in [6.07, 6.45) is 2.80. The van der Waals surface area contributed by atoms with Crippen molar-refractivity contribution in [2.75, 3.05) is 6.61 Å². The summed E-state index contributed by atoms with van der Waals surface area (Å²) in [5, 5.41) is 11.6. The zero-order chi connectivity index (χ0) is 12.5. The number of benzene rings is 1. The van der Waals surface area contributed by atoms with E-state index in [-0.39, 0.29) is 18.6 Å². The Morgan fingerprint density at radius 2 is 2.00 bits per heavy atom. The van der Waals surface area contributed by atoms with Gasteiger partial charge in [-0.25, -0.2) is 0 Å². The Bertz CT molecular complexity index is 324. The topological polar surface area (TPSA) is 49.3 Å². The van der Waals surface area contributed by atoms with Crippen molar-refractivity contribution in [2.24, 2.45) is 0 Å². The van der Waals surface area contributed by atoms with Crippen LogP contribution in [0.3, 0.4) is 0 Å². The summed E-state index contributed by atoms with van der Waals surface area (Å²) in [6.45, 7) is 2.17. The molecule has 3 heteroatoms. The van der Waals surface area contributed by atoms with E-state index < -0.39 is 0 Å². The second-order valence-corrected chi connectivity index (χ2v) is 4.34. The molecule has 0 saturated carbocycles. The molecule has 17 heavy (non-hydrogen) atoms. The number of hydrogen-bond donors (Lipinski definition) is 2. The van der Waals surface area contributed by atoms with Crippen LogP contribution in [0.2, 0.25) is 0 Å². The minimum absolute atomic E-state index is 0.0712. The second kappa shape index (κ2) is 7.85. The van der Waals surface area contributed by atoms with Crippen LogP contribution in [0.25, 0.3) is 0 Å². The van der Waals surface area contributed by atoms with E-state index in [1.54, 1.807) is 0 Å². The van der Waals surface area contributed by atoms with E-state index in [1.807, 2.05) is 25.1 Å². The molecular weight excluding hydrogens is 214 g/mol. The highest BCUT2D eigenvalue weighted by Crippen LogP contribution is 2.03. The van der Waals surface area contributed by atoms with Crippen molar-refractivity contribution in [1.29, 1.82) is 0 Å². The monoisotopic (exact) mass is 235 g/mol. The van der Waals surface area contributed by atoms with Crippen LogP contribution in [0, 0.1) is 0 Å². The van der Waals surface area contributed by atoms with Crippen molar-refractivity contribution in [1.82, 2.24) is 5.32 Å². The maximum absolute atomic E-state index is 11.5. The van der Waals surface area contributed by atoms with Crippen LogP contribution in [0.1, 0.15) is 31.7 Å². The molecule has 0 radical (unpaired) electrons. The number of rotatable bonds is 7. The van der Waals surface area contributed by atoms with Crippen LogP contribution in [-0.4, -0.2) is 23.7 Å². The van der Waals surface area contributed by atoms with Crippen LogP contribution >= 0.6 is 0 Å². The molecule has 0 bridgehead atoms. The molecule has 3 nitrogen and oxygen atoms in total. The maximum Gasteiger partial charge on any atom is 0.220 e. The van der Waals surface area contributed by atoms with Gasteiger partial charge in [0.25, 0.3) is 0 Å². The van der Waals surface area contributed by atoms with E-state index in [0.29, 0.717) is 12.8 Å². The van der Waals surface area contributed by atoms with Crippen LogP contribution in [0.5, 0.6) is 0 Å². The third kappa shape index (κ3) is 6.07. The molecule has 0 aliphatic heterocycles. The van der Waals surface area contributed by atoms with E-state index in [4.69, 9.17) is 5.11 Å². The molecule has 0 fully saturated rings. The van der Waals surface area contributed by atoms with Gasteiger partial charge in [0.1, 0.15) is 0 Å². The molecule has 1 unspecified atom stereocenters. The van der Waals surface area contributed by atoms with Gasteiger partial charge < -0.3 is 10.4 Å². The Kier molecular flexibility index (Phi) is 6.33. The molecule has 0 saturated heterocycles. The Morgan fingerprint density at radius 3 is 2.65 bits per heavy atom. The van der Waals surface area contributed by atoms with Crippen molar-refractivity contribution >= 4 is 5.91 Å². The Morgan fingerprint density at radius 1 is 1.29 bits per heavy atom. The minimum Gasteiger partial charge on any atom is -0.396 e. The van der Waals surface area contributed by atoms with Gasteiger partial charge in [-0.05, 0) is 31.7 Å². The lowest BCUT2D eigenvalue weighted by Crippen LogP contribution is -2.33. The van der Waals surface area contributed by atoms with Crippen molar-refractivity contribution in [3.63, 3.8) is 0 Å². The molecule has 1 amide bonds. The summed E-state index contributed by atoms with van der Waals surface area (Å²) in [6, 6.07) is 10.3. The minimum atomic E-state index is 0.0712. The molecule has 2 N–H and O–H groups in total. The molecule has 0 aliphatic rings. The number of aliphatic hydroxyl groups is 1. The van der Waals surface area contributed by atoms with Gasteiger partial charge in [0.05, 0.1) is 0 Å². The summed E-state index contributed by atoms with van der Waals surface area (Å²) >= 11 is 0. The van der Waals surface area contributed by atoms with E-state index in [1.165, 1.54) is 5.56 Å². The largest absolute Gasteiger partial charge is 0.396 e. The fourth-order valence-corrected chi connectivity index (χ4v) is 1.76. The van der Waals surface area contributed by atoms with Crippen molar-refractivity contribution in [3.8, 4) is 0 Å². The highest BCUT2D eigenvalue weighted by molar-refractivity contribution is 5.76. The summed E-state index contributed by atoms with van der Waals surface area (Å²) in [5.74, 6) is 0.0712. The fourth-order valence-electron chi connectivity index (χ4n) is 1.76. The van der Waals surface area contributed by atoms with Gasteiger partial charge in [0.15, 0.2) is 0 Å². The molecule has 0 aromatic heterocycles. The summed E-state index contributed by atoms with van der Waals surface area (Å²) in [7, 11) is 0. The molecule has 0 spiro atoms. The third-order valence-corrected chi connectivity index (χ3v) is 2.60. The quantitative estimate of drug-likeness (QED) is 0.709. The van der Waals surface area contributed by atoms with E-state index in [0.717, 1.165) is 12.8 Å². The van der Waals surface area contributed by atoms with Gasteiger partial charge in [0, 0.05) is 19.1 Å². The SMILES string of the molecule is CC(Cc1ccccc1)NC(=O)CCCCO. The first-order valence-corrected chi connectivity index (χ1v) is 6.16. The lowest BCUT2D eigenvalue weighted by atomic mass is 10.1. The van der Waals surface area contributed by atoms with Crippen LogP contribution < -0.4 is 5.32 Å². The summed E-state index contributed by atoms with van der Waals surface area (Å²) < 4.78 is 0. The van der Waals surface area contributed by atoms with Gasteiger partial charge in [-0.3, -0.25) is 4.79 Å². The predicted octanol–water partition coefficient (Wildman–Crippen LogP) is 1.90. The first kappa shape index (κ1) is 13.7. The van der Waals surface area contributed by atoms with Crippen molar-refractivity contribution in [3.05, 3.63) is 35.9 Å². The zero-order valence-corrected chi connectivity index (χ0v) is 10.4. The average Bonchev–Trinajstić information content (AvgIpc) is 2.30. The predicted molar refractivity (Wildman–Crippen MR) is 68.7 cm³/mol. The summed E-state index contributed by atoms with van der Waals surface area (Å²) in [4.78, 5) is 11.5. The fraction of sp³-hybridized carbons (Fsp3) is 0.500. The van der Waals surface area contributed by atoms with Gasteiger partial charge in [-0.1, -0.05) is 30.3 Å². The molecule has 0 heterocycles. The van der Waals surface area contributed by atoms with Crippen molar-refractivity contribution < 1.29 is 9.90 Å². The van der Waals surface area contributed by atoms with Gasteiger partial charge in [-0.15, -0.1) is 0 Å². The number of aliphatic hydroxyl groups excluding tert-OH is 1.